The molecule has 21 heavy (non-hydrogen) atoms. The molecule has 1 aromatic rings. The normalized spacial score (nSPS) is 14.1. The van der Waals surface area contributed by atoms with Gasteiger partial charge in [0, 0.05) is 11.1 Å². The summed E-state index contributed by atoms with van der Waals surface area (Å²) in [7, 11) is 1.74. The van der Waals surface area contributed by atoms with Crippen LogP contribution in [-0.4, -0.2) is 12.2 Å². The predicted molar refractivity (Wildman–Crippen MR) is 90.3 cm³/mol. The van der Waals surface area contributed by atoms with E-state index < -0.39 is 6.10 Å². The number of methoxy groups -OCH3 is 1. The zero-order chi connectivity index (χ0) is 16.4. The molecule has 2 heteroatoms. The van der Waals surface area contributed by atoms with Crippen molar-refractivity contribution in [1.82, 2.24) is 0 Å². The van der Waals surface area contributed by atoms with Crippen LogP contribution in [0.3, 0.4) is 0 Å². The summed E-state index contributed by atoms with van der Waals surface area (Å²) in [5.41, 5.74) is 3.30. The summed E-state index contributed by atoms with van der Waals surface area (Å²) in [6.07, 6.45) is 1.37. The van der Waals surface area contributed by atoms with Crippen LogP contribution in [0.15, 0.2) is 12.1 Å². The maximum Gasteiger partial charge on any atom is 0.126 e. The summed E-state index contributed by atoms with van der Waals surface area (Å²) in [6.45, 7) is 15.2. The maximum absolute atomic E-state index is 10.4. The molecular formula is C19H32O2. The summed E-state index contributed by atoms with van der Waals surface area (Å²) in [6, 6.07) is 4.24. The first-order valence-electron chi connectivity index (χ1n) is 7.93. The van der Waals surface area contributed by atoms with Crippen LogP contribution in [0.4, 0.5) is 0 Å². The molecule has 1 rings (SSSR count). The lowest BCUT2D eigenvalue weighted by molar-refractivity contribution is 0.166. The Bertz CT molecular complexity index is 440. The zero-order valence-corrected chi connectivity index (χ0v) is 15.0. The summed E-state index contributed by atoms with van der Waals surface area (Å²) in [5, 5.41) is 10.4. The molecule has 0 saturated carbocycles. The summed E-state index contributed by atoms with van der Waals surface area (Å²) >= 11 is 0. The zero-order valence-electron chi connectivity index (χ0n) is 15.0. The van der Waals surface area contributed by atoms with E-state index in [0.717, 1.165) is 24.2 Å². The quantitative estimate of drug-likeness (QED) is 0.834. The van der Waals surface area contributed by atoms with Gasteiger partial charge >= 0.3 is 0 Å². The van der Waals surface area contributed by atoms with Gasteiger partial charge in [-0.15, -0.1) is 0 Å². The van der Waals surface area contributed by atoms with Crippen molar-refractivity contribution in [3.8, 4) is 5.75 Å². The standard InChI is InChI=1S/C19H32O2/c1-9-10-16(20)13-11-14(18(2,3)4)17(21-8)15(12-13)19(5,6)7/h11-12,16,20H,9-10H2,1-8H3. The molecule has 0 saturated heterocycles. The molecule has 0 spiro atoms. The molecule has 0 heterocycles. The van der Waals surface area contributed by atoms with E-state index in [1.54, 1.807) is 7.11 Å². The second-order valence-corrected chi connectivity index (χ2v) is 7.95. The van der Waals surface area contributed by atoms with Gasteiger partial charge in [0.15, 0.2) is 0 Å². The molecule has 120 valence electrons. The molecule has 1 unspecified atom stereocenters. The average Bonchev–Trinajstić information content (AvgIpc) is 2.35. The van der Waals surface area contributed by atoms with Gasteiger partial charge in [0.2, 0.25) is 0 Å². The van der Waals surface area contributed by atoms with Crippen molar-refractivity contribution in [3.05, 3.63) is 28.8 Å². The molecule has 1 N–H and O–H groups in total. The van der Waals surface area contributed by atoms with Crippen molar-refractivity contribution < 1.29 is 9.84 Å². The van der Waals surface area contributed by atoms with Crippen LogP contribution in [0.5, 0.6) is 5.75 Å². The SMILES string of the molecule is CCCC(O)c1cc(C(C)(C)C)c(OC)c(C(C)(C)C)c1. The Hall–Kier alpha value is -1.02. The molecule has 0 aliphatic rings. The van der Waals surface area contributed by atoms with Crippen LogP contribution in [0.2, 0.25) is 0 Å². The number of hydrogen-bond donors (Lipinski definition) is 1. The monoisotopic (exact) mass is 292 g/mol. The number of aliphatic hydroxyl groups is 1. The van der Waals surface area contributed by atoms with Crippen molar-refractivity contribution in [2.45, 2.75) is 78.2 Å². The highest BCUT2D eigenvalue weighted by atomic mass is 16.5. The Morgan fingerprint density at radius 1 is 1.00 bits per heavy atom. The lowest BCUT2D eigenvalue weighted by Gasteiger charge is -2.30. The van der Waals surface area contributed by atoms with Crippen molar-refractivity contribution >= 4 is 0 Å². The van der Waals surface area contributed by atoms with Gasteiger partial charge in [-0.2, -0.15) is 0 Å². The Balaban J connectivity index is 3.59. The van der Waals surface area contributed by atoms with Gasteiger partial charge in [-0.05, 0) is 34.9 Å². The third-order valence-electron chi connectivity index (χ3n) is 3.88. The van der Waals surface area contributed by atoms with Gasteiger partial charge in [0.25, 0.3) is 0 Å². The summed E-state index contributed by atoms with van der Waals surface area (Å²) < 4.78 is 5.74. The minimum absolute atomic E-state index is 0.0205. The number of aliphatic hydroxyl groups excluding tert-OH is 1. The fourth-order valence-corrected chi connectivity index (χ4v) is 2.62. The van der Waals surface area contributed by atoms with Gasteiger partial charge in [-0.3, -0.25) is 0 Å². The molecule has 0 aliphatic heterocycles. The molecule has 0 radical (unpaired) electrons. The van der Waals surface area contributed by atoms with Crippen molar-refractivity contribution in [2.24, 2.45) is 0 Å². The van der Waals surface area contributed by atoms with E-state index in [1.807, 2.05) is 0 Å². The molecule has 0 bridgehead atoms. The third kappa shape index (κ3) is 4.23. The van der Waals surface area contributed by atoms with Crippen LogP contribution in [0.1, 0.15) is 84.1 Å². The van der Waals surface area contributed by atoms with Crippen LogP contribution < -0.4 is 4.74 Å². The Kier molecular flexibility index (Phi) is 5.49. The van der Waals surface area contributed by atoms with E-state index >= 15 is 0 Å². The van der Waals surface area contributed by atoms with E-state index in [0.29, 0.717) is 0 Å². The van der Waals surface area contributed by atoms with E-state index in [-0.39, 0.29) is 10.8 Å². The second-order valence-electron chi connectivity index (χ2n) is 7.95. The molecule has 2 nitrogen and oxygen atoms in total. The molecule has 0 aliphatic carbocycles. The predicted octanol–water partition coefficient (Wildman–Crippen LogP) is 5.12. The summed E-state index contributed by atoms with van der Waals surface area (Å²) in [4.78, 5) is 0. The largest absolute Gasteiger partial charge is 0.496 e. The minimum Gasteiger partial charge on any atom is -0.496 e. The number of rotatable bonds is 4. The Labute approximate surface area is 130 Å². The molecule has 0 fully saturated rings. The van der Waals surface area contributed by atoms with Crippen LogP contribution >= 0.6 is 0 Å². The van der Waals surface area contributed by atoms with Crippen LogP contribution in [0, 0.1) is 0 Å². The fourth-order valence-electron chi connectivity index (χ4n) is 2.62. The van der Waals surface area contributed by atoms with Crippen LogP contribution in [-0.2, 0) is 10.8 Å². The fraction of sp³-hybridized carbons (Fsp3) is 0.684. The molecule has 1 aromatic carbocycles. The van der Waals surface area contributed by atoms with Crippen molar-refractivity contribution in [2.75, 3.05) is 7.11 Å². The van der Waals surface area contributed by atoms with Gasteiger partial charge in [0.1, 0.15) is 5.75 Å². The first-order valence-corrected chi connectivity index (χ1v) is 7.93. The average molecular weight is 292 g/mol. The highest BCUT2D eigenvalue weighted by Crippen LogP contribution is 2.41. The van der Waals surface area contributed by atoms with E-state index in [9.17, 15) is 5.11 Å². The first kappa shape index (κ1) is 18.0. The van der Waals surface area contributed by atoms with Gasteiger partial charge in [0.05, 0.1) is 13.2 Å². The summed E-state index contributed by atoms with van der Waals surface area (Å²) in [5.74, 6) is 0.961. The first-order chi connectivity index (χ1) is 9.52. The lowest BCUT2D eigenvalue weighted by atomic mass is 9.77. The number of benzene rings is 1. The van der Waals surface area contributed by atoms with Gasteiger partial charge in [-0.25, -0.2) is 0 Å². The number of ether oxygens (including phenoxy) is 1. The molecule has 0 aromatic heterocycles. The van der Waals surface area contributed by atoms with E-state index in [4.69, 9.17) is 4.74 Å². The van der Waals surface area contributed by atoms with E-state index in [1.165, 1.54) is 11.1 Å². The second kappa shape index (κ2) is 6.39. The molecule has 1 atom stereocenters. The van der Waals surface area contributed by atoms with Crippen molar-refractivity contribution in [3.63, 3.8) is 0 Å². The van der Waals surface area contributed by atoms with Crippen LogP contribution in [0.25, 0.3) is 0 Å². The highest BCUT2D eigenvalue weighted by Gasteiger charge is 2.28. The topological polar surface area (TPSA) is 29.5 Å². The molecular weight excluding hydrogens is 260 g/mol. The highest BCUT2D eigenvalue weighted by molar-refractivity contribution is 5.51. The number of hydrogen-bond acceptors (Lipinski definition) is 2. The Morgan fingerprint density at radius 3 is 1.71 bits per heavy atom. The van der Waals surface area contributed by atoms with Gasteiger partial charge < -0.3 is 9.84 Å². The smallest absolute Gasteiger partial charge is 0.126 e. The third-order valence-corrected chi connectivity index (χ3v) is 3.88. The molecule has 0 amide bonds. The van der Waals surface area contributed by atoms with Gasteiger partial charge in [-0.1, -0.05) is 54.9 Å². The lowest BCUT2D eigenvalue weighted by Crippen LogP contribution is -2.20. The Morgan fingerprint density at radius 2 is 1.43 bits per heavy atom. The minimum atomic E-state index is -0.400. The maximum atomic E-state index is 10.4. The van der Waals surface area contributed by atoms with Crippen molar-refractivity contribution in [1.29, 1.82) is 0 Å². The van der Waals surface area contributed by atoms with E-state index in [2.05, 4.69) is 60.6 Å².